The molecular weight excluding hydrogens is 465 g/mol. The lowest BCUT2D eigenvalue weighted by atomic mass is 9.85. The van der Waals surface area contributed by atoms with Gasteiger partial charge in [0.1, 0.15) is 17.0 Å². The van der Waals surface area contributed by atoms with Crippen molar-refractivity contribution in [2.45, 2.75) is 50.9 Å². The number of aliphatic hydroxyl groups is 1. The second kappa shape index (κ2) is 9.82. The molecule has 0 unspecified atom stereocenters. The van der Waals surface area contributed by atoms with E-state index in [9.17, 15) is 23.1 Å². The molecule has 0 saturated heterocycles. The molecule has 0 aliphatic heterocycles. The fraction of sp³-hybridized carbons (Fsp3) is 0.458. The summed E-state index contributed by atoms with van der Waals surface area (Å²) >= 11 is 0. The summed E-state index contributed by atoms with van der Waals surface area (Å²) in [5.74, 6) is -0.193. The maximum Gasteiger partial charge on any atom is 0.433 e. The first-order valence-electron chi connectivity index (χ1n) is 11.4. The predicted molar refractivity (Wildman–Crippen MR) is 122 cm³/mol. The number of hydrogen-bond donors (Lipinski definition) is 3. The van der Waals surface area contributed by atoms with Gasteiger partial charge in [0.2, 0.25) is 5.89 Å². The van der Waals surface area contributed by atoms with Crippen LogP contribution in [0.2, 0.25) is 0 Å². The highest BCUT2D eigenvalue weighted by Gasteiger charge is 2.34. The lowest BCUT2D eigenvalue weighted by molar-refractivity contribution is -0.140. The molecule has 2 aromatic heterocycles. The normalized spacial score (nSPS) is 19.5. The zero-order valence-corrected chi connectivity index (χ0v) is 19.4. The summed E-state index contributed by atoms with van der Waals surface area (Å²) in [4.78, 5) is 21.3. The first-order valence-corrected chi connectivity index (χ1v) is 11.4. The van der Waals surface area contributed by atoms with E-state index in [4.69, 9.17) is 14.9 Å². The van der Waals surface area contributed by atoms with Gasteiger partial charge in [-0.3, -0.25) is 4.79 Å². The number of carbonyl (C=O) groups is 1. The zero-order valence-electron chi connectivity index (χ0n) is 19.4. The first-order chi connectivity index (χ1) is 16.6. The summed E-state index contributed by atoms with van der Waals surface area (Å²) in [6, 6.07) is 4.32. The Hall–Kier alpha value is -3.18. The summed E-state index contributed by atoms with van der Waals surface area (Å²) in [6.45, 7) is 1.61. The number of fused-ring (bicyclic) bond motifs is 1. The number of nitrogens with one attached hydrogen (secondary N) is 1. The van der Waals surface area contributed by atoms with Gasteiger partial charge in [-0.1, -0.05) is 12.8 Å². The smallest absolute Gasteiger partial charge is 0.433 e. The van der Waals surface area contributed by atoms with Crippen LogP contribution in [0.15, 0.2) is 28.7 Å². The van der Waals surface area contributed by atoms with Crippen molar-refractivity contribution < 1.29 is 32.2 Å². The van der Waals surface area contributed by atoms with E-state index in [1.54, 1.807) is 13.0 Å². The van der Waals surface area contributed by atoms with Crippen LogP contribution < -0.4 is 15.8 Å². The van der Waals surface area contributed by atoms with Gasteiger partial charge in [-0.2, -0.15) is 13.2 Å². The lowest BCUT2D eigenvalue weighted by Gasteiger charge is -2.30. The average molecular weight is 492 g/mol. The SMILES string of the molecule is COc1ccc(-c2nc(C(=O)N[C@H]3CCCC[C@@H]3CO)c([C@H](C)N)o2)c2ccc(C(F)(F)F)nc12. The van der Waals surface area contributed by atoms with E-state index in [-0.39, 0.29) is 47.2 Å². The van der Waals surface area contributed by atoms with Gasteiger partial charge >= 0.3 is 6.18 Å². The summed E-state index contributed by atoms with van der Waals surface area (Å²) in [5.41, 5.74) is 5.31. The van der Waals surface area contributed by atoms with E-state index in [1.165, 1.54) is 19.2 Å². The van der Waals surface area contributed by atoms with Crippen LogP contribution in [-0.2, 0) is 6.18 Å². The Morgan fingerprint density at radius 2 is 2.00 bits per heavy atom. The number of aromatic nitrogens is 2. The highest BCUT2D eigenvalue weighted by molar-refractivity contribution is 5.98. The Kier molecular flexibility index (Phi) is 7.00. The molecule has 4 N–H and O–H groups in total. The number of pyridine rings is 1. The van der Waals surface area contributed by atoms with E-state index in [0.29, 0.717) is 10.9 Å². The van der Waals surface area contributed by atoms with Crippen LogP contribution >= 0.6 is 0 Å². The van der Waals surface area contributed by atoms with Gasteiger partial charge in [-0.15, -0.1) is 0 Å². The van der Waals surface area contributed by atoms with Crippen LogP contribution in [0.5, 0.6) is 5.75 Å². The fourth-order valence-corrected chi connectivity index (χ4v) is 4.47. The van der Waals surface area contributed by atoms with Crippen molar-refractivity contribution in [2.24, 2.45) is 11.7 Å². The Bertz CT molecular complexity index is 1230. The van der Waals surface area contributed by atoms with Gasteiger partial charge in [0.05, 0.1) is 13.2 Å². The predicted octanol–water partition coefficient (Wildman–Crippen LogP) is 4.22. The Labute approximate surface area is 199 Å². The highest BCUT2D eigenvalue weighted by Crippen LogP contribution is 2.37. The number of benzene rings is 1. The maximum atomic E-state index is 13.2. The molecule has 188 valence electrons. The number of aliphatic hydroxyl groups excluding tert-OH is 1. The van der Waals surface area contributed by atoms with Gasteiger partial charge in [-0.25, -0.2) is 9.97 Å². The number of oxazole rings is 1. The minimum atomic E-state index is -4.63. The Morgan fingerprint density at radius 1 is 1.26 bits per heavy atom. The third-order valence-electron chi connectivity index (χ3n) is 6.30. The topological polar surface area (TPSA) is 124 Å². The molecule has 0 spiro atoms. The molecule has 2 heterocycles. The van der Waals surface area contributed by atoms with E-state index >= 15 is 0 Å². The average Bonchev–Trinajstić information content (AvgIpc) is 3.28. The Morgan fingerprint density at radius 3 is 2.66 bits per heavy atom. The quantitative estimate of drug-likeness (QED) is 0.471. The molecule has 4 rings (SSSR count). The van der Waals surface area contributed by atoms with Crippen molar-refractivity contribution in [2.75, 3.05) is 13.7 Å². The minimum absolute atomic E-state index is 0.00102. The molecule has 0 bridgehead atoms. The molecular formula is C24H27F3N4O4. The molecule has 8 nitrogen and oxygen atoms in total. The second-order valence-electron chi connectivity index (χ2n) is 8.73. The molecule has 1 aliphatic carbocycles. The standard InChI is InChI=1S/C24H27F3N4O4/c1-12(28)21-20(22(33)29-16-6-4-3-5-13(16)11-32)31-23(35-21)15-7-9-17(34-2)19-14(15)8-10-18(30-19)24(25,26)27/h7-10,12-13,16,32H,3-6,11,28H2,1-2H3,(H,29,33)/t12-,13+,16-/m0/s1. The van der Waals surface area contributed by atoms with Crippen molar-refractivity contribution in [1.82, 2.24) is 15.3 Å². The van der Waals surface area contributed by atoms with Crippen LogP contribution in [0, 0.1) is 5.92 Å². The number of alkyl halides is 3. The van der Waals surface area contributed by atoms with Gasteiger partial charge in [-0.05, 0) is 44.0 Å². The number of amides is 1. The van der Waals surface area contributed by atoms with Crippen molar-refractivity contribution in [3.05, 3.63) is 41.4 Å². The largest absolute Gasteiger partial charge is 0.494 e. The number of hydrogen-bond acceptors (Lipinski definition) is 7. The summed E-state index contributed by atoms with van der Waals surface area (Å²) in [6.07, 6.45) is -1.14. The van der Waals surface area contributed by atoms with Crippen molar-refractivity contribution in [1.29, 1.82) is 0 Å². The summed E-state index contributed by atoms with van der Waals surface area (Å²) in [7, 11) is 1.34. The van der Waals surface area contributed by atoms with Crippen molar-refractivity contribution in [3.8, 4) is 17.2 Å². The van der Waals surface area contributed by atoms with Gasteiger partial charge in [0.15, 0.2) is 11.5 Å². The van der Waals surface area contributed by atoms with Crippen LogP contribution in [0.3, 0.4) is 0 Å². The number of methoxy groups -OCH3 is 1. The first kappa shape index (κ1) is 24.9. The van der Waals surface area contributed by atoms with E-state index in [0.717, 1.165) is 31.7 Å². The molecule has 35 heavy (non-hydrogen) atoms. The molecule has 1 aromatic carbocycles. The van der Waals surface area contributed by atoms with Gasteiger partial charge in [0.25, 0.3) is 5.91 Å². The molecule has 11 heteroatoms. The number of nitrogens with two attached hydrogens (primary N) is 1. The fourth-order valence-electron chi connectivity index (χ4n) is 4.47. The van der Waals surface area contributed by atoms with Crippen molar-refractivity contribution in [3.63, 3.8) is 0 Å². The van der Waals surface area contributed by atoms with Crippen LogP contribution in [0.1, 0.15) is 60.6 Å². The molecule has 1 saturated carbocycles. The Balaban J connectivity index is 1.76. The number of carbonyl (C=O) groups excluding carboxylic acids is 1. The maximum absolute atomic E-state index is 13.2. The second-order valence-corrected chi connectivity index (χ2v) is 8.73. The lowest BCUT2D eigenvalue weighted by Crippen LogP contribution is -2.43. The van der Waals surface area contributed by atoms with E-state index in [2.05, 4.69) is 15.3 Å². The third-order valence-corrected chi connectivity index (χ3v) is 6.30. The molecule has 3 aromatic rings. The zero-order chi connectivity index (χ0) is 25.3. The molecule has 1 aliphatic rings. The monoisotopic (exact) mass is 492 g/mol. The molecule has 1 fully saturated rings. The summed E-state index contributed by atoms with van der Waals surface area (Å²) < 4.78 is 50.8. The van der Waals surface area contributed by atoms with Crippen LogP contribution in [-0.4, -0.2) is 40.7 Å². The van der Waals surface area contributed by atoms with Gasteiger partial charge in [0, 0.05) is 29.5 Å². The number of ether oxygens (including phenoxy) is 1. The number of nitrogens with zero attached hydrogens (tertiary/aromatic N) is 2. The highest BCUT2D eigenvalue weighted by atomic mass is 19.4. The number of halogens is 3. The van der Waals surface area contributed by atoms with Crippen molar-refractivity contribution >= 4 is 16.8 Å². The van der Waals surface area contributed by atoms with Gasteiger partial charge < -0.3 is 25.3 Å². The molecule has 0 radical (unpaired) electrons. The third kappa shape index (κ3) is 4.96. The summed E-state index contributed by atoms with van der Waals surface area (Å²) in [5, 5.41) is 12.9. The molecule has 3 atom stereocenters. The van der Waals surface area contributed by atoms with Crippen LogP contribution in [0.25, 0.3) is 22.4 Å². The van der Waals surface area contributed by atoms with E-state index in [1.807, 2.05) is 0 Å². The van der Waals surface area contributed by atoms with Crippen LogP contribution in [0.4, 0.5) is 13.2 Å². The minimum Gasteiger partial charge on any atom is -0.494 e. The number of rotatable bonds is 6. The van der Waals surface area contributed by atoms with E-state index < -0.39 is 23.8 Å². The molecule has 1 amide bonds.